The second-order valence-electron chi connectivity index (χ2n) is 17.6. The van der Waals surface area contributed by atoms with Crippen LogP contribution in [0.2, 0.25) is 2.82 Å². The zero-order chi connectivity index (χ0) is 81.0. The molecule has 0 bridgehead atoms. The molecule has 4 aromatic rings. The van der Waals surface area contributed by atoms with Crippen LogP contribution in [0.15, 0.2) is 83.2 Å². The Morgan fingerprint density at radius 3 is 1.58 bits per heavy atom. The maximum atomic E-state index is 10.7. The number of aliphatic carboxylic acids is 6. The maximum absolute atomic E-state index is 10.7. The van der Waals surface area contributed by atoms with Gasteiger partial charge in [-0.2, -0.15) is 0 Å². The first-order chi connectivity index (χ1) is 47.2. The third-order valence-electron chi connectivity index (χ3n) is 10.1. The Bertz CT molecular complexity index is 3290. The van der Waals surface area contributed by atoms with E-state index < -0.39 is 116 Å². The van der Waals surface area contributed by atoms with Crippen LogP contribution in [-0.4, -0.2) is 191 Å². The number of benzene rings is 2. The molecule has 9 atom stereocenters. The van der Waals surface area contributed by atoms with Gasteiger partial charge in [-0.05, 0) is 94.9 Å². The van der Waals surface area contributed by atoms with Gasteiger partial charge < -0.3 is 136 Å². The molecule has 37 N–H and O–H groups in total. The Hall–Kier alpha value is -8.55. The van der Waals surface area contributed by atoms with Crippen molar-refractivity contribution in [1.29, 1.82) is 0 Å². The monoisotopic (exact) mass is 1270 g/mol. The minimum Gasteiger partial charge on any atom is -0.480 e. The van der Waals surface area contributed by atoms with E-state index in [9.17, 15) is 38.4 Å². The zero-order valence-corrected chi connectivity index (χ0v) is 48.4. The van der Waals surface area contributed by atoms with Gasteiger partial charge in [-0.25, -0.2) is 4.98 Å². The number of guanidine groups is 2. The number of fused-ring (bicyclic) bond motifs is 1. The van der Waals surface area contributed by atoms with Crippen LogP contribution in [0.4, 0.5) is 0 Å². The largest absolute Gasteiger partial charge is 0.480 e. The van der Waals surface area contributed by atoms with Crippen LogP contribution in [0.3, 0.4) is 0 Å². The van der Waals surface area contributed by atoms with Crippen molar-refractivity contribution in [3.63, 3.8) is 0 Å². The molecule has 0 aliphatic carbocycles. The molecule has 0 amide bonds. The van der Waals surface area contributed by atoms with Gasteiger partial charge in [0.15, 0.2) is 11.9 Å². The van der Waals surface area contributed by atoms with E-state index >= 15 is 0 Å². The van der Waals surface area contributed by atoms with Crippen molar-refractivity contribution in [3.05, 3.63) is 90.0 Å². The van der Waals surface area contributed by atoms with Gasteiger partial charge >= 0.3 is 35.8 Å². The number of para-hydroxylation sites is 1. The second kappa shape index (κ2) is 53.9. The van der Waals surface area contributed by atoms with Gasteiger partial charge in [0, 0.05) is 51.9 Å². The fraction of sp³-hybridized carbons (Fsp3) is 0.500. The number of aromatic nitrogens is 3. The number of rotatable bonds is 33. The number of imidazole rings is 1. The summed E-state index contributed by atoms with van der Waals surface area (Å²) in [5, 5.41) is 60.2. The summed E-state index contributed by atoms with van der Waals surface area (Å²) in [6.07, 6.45) is 1.94. The van der Waals surface area contributed by atoms with Crippen LogP contribution < -0.4 is 80.3 Å². The van der Waals surface area contributed by atoms with Crippen molar-refractivity contribution in [3.8, 4) is 0 Å². The van der Waals surface area contributed by atoms with Crippen LogP contribution in [0.5, 0.6) is 0 Å². The van der Waals surface area contributed by atoms with Gasteiger partial charge in [-0.3, -0.25) is 38.8 Å². The first-order valence-electron chi connectivity index (χ1n) is 33.5. The lowest BCUT2D eigenvalue weighted by Gasteiger charge is -2.06. The van der Waals surface area contributed by atoms with E-state index in [4.69, 9.17) is 125 Å². The third-order valence-corrected chi connectivity index (χ3v) is 10.1. The summed E-state index contributed by atoms with van der Waals surface area (Å²) in [6, 6.07) is -0.454. The number of aliphatic hydroxyl groups is 1. The van der Waals surface area contributed by atoms with E-state index in [1.165, 1.54) is 6.20 Å². The fourth-order valence-electron chi connectivity index (χ4n) is 5.26. The highest BCUT2D eigenvalue weighted by atomic mass is 16.4. The normalized spacial score (nSPS) is 16.1. The van der Waals surface area contributed by atoms with Crippen molar-refractivity contribution >= 4 is 71.2 Å². The minimum atomic E-state index is -2.09. The van der Waals surface area contributed by atoms with Crippen molar-refractivity contribution in [1.82, 2.24) is 15.0 Å². The maximum Gasteiger partial charge on any atom is 0.323 e. The predicted octanol–water partition coefficient (Wildman–Crippen LogP) is -3.91. The number of carbonyl (C=O) groups excluding carboxylic acids is 2. The number of aromatic amines is 2. The first kappa shape index (κ1) is 59.8. The molecule has 0 aliphatic heterocycles. The van der Waals surface area contributed by atoms with Crippen LogP contribution in [0, 0.1) is 0 Å². The molecule has 0 spiro atoms. The number of unbranched alkanes of at least 4 members (excludes halogenated alkanes) is 1. The Kier molecular flexibility index (Phi) is 36.6. The predicted molar refractivity (Wildman–Crippen MR) is 333 cm³/mol. The quantitative estimate of drug-likeness (QED) is 0.00938. The lowest BCUT2D eigenvalue weighted by atomic mass is 10.1. The second-order valence-corrected chi connectivity index (χ2v) is 17.6. The molecule has 0 radical (unpaired) electrons. The number of H-pyrrole nitrogens is 2. The van der Waals surface area contributed by atoms with E-state index in [-0.39, 0.29) is 99.1 Å². The molecule has 2 heterocycles. The summed E-state index contributed by atoms with van der Waals surface area (Å²) in [6.45, 7) is -1.67. The molecule has 0 saturated heterocycles. The summed E-state index contributed by atoms with van der Waals surface area (Å²) < 4.78 is 107. The molecular formula is C54H97N19O15. The number of hydrogen-bond donors (Lipinski definition) is 23. The van der Waals surface area contributed by atoms with E-state index in [0.717, 1.165) is 36.7 Å². The summed E-state index contributed by atoms with van der Waals surface area (Å²) in [4.78, 5) is 99.0. The molecule has 34 nitrogen and oxygen atoms in total. The molecule has 0 aliphatic rings. The highest BCUT2D eigenvalue weighted by molar-refractivity contribution is 5.84. The highest BCUT2D eigenvalue weighted by Gasteiger charge is 2.17. The fourth-order valence-corrected chi connectivity index (χ4v) is 5.26. The number of nitrogens with one attached hydrogen (secondary N) is 2. The highest BCUT2D eigenvalue weighted by Crippen LogP contribution is 2.18. The number of nitrogens with two attached hydrogens (primary N) is 14. The number of aldehydes is 2. The van der Waals surface area contributed by atoms with E-state index in [1.807, 2.05) is 35.7 Å². The average Bonchev–Trinajstić information content (AvgIpc) is 1.75. The average molecular weight is 1270 g/mol. The van der Waals surface area contributed by atoms with Gasteiger partial charge in [0.1, 0.15) is 55.7 Å². The SMILES string of the molecule is [2H]C(C)(O)C(N)C(=O)O.[2H]C([2H])(CCC(N)C(=O)O)N=C(N)N.[2H]C([2H])(N)CCCC(N)C(=O)O.[2H]N[C@@H](CCCCN)C([2H])=O.[2H]N[C@@H](CCCN=C(N)N)C([2H])=O.[2H]c1[nH]c2ccccc2c1CC(N)C(=O)O.[2H]c1cc([2H])c([2H])c(CC(N)C(=O)O)c1[2H].[2H]c1nc(CC(N)C(=O)O)c[nH]1. The van der Waals surface area contributed by atoms with E-state index in [0.29, 0.717) is 50.0 Å². The van der Waals surface area contributed by atoms with Crippen LogP contribution in [-0.2, 0) is 57.6 Å². The molecular weight excluding hydrogens is 1150 g/mol. The van der Waals surface area contributed by atoms with Crippen LogP contribution in [0.25, 0.3) is 10.9 Å². The Morgan fingerprint density at radius 2 is 1.15 bits per heavy atom. The van der Waals surface area contributed by atoms with Gasteiger partial charge in [0.05, 0.1) is 41.1 Å². The third kappa shape index (κ3) is 50.7. The standard InChI is InChI=1S/C11H12N2O2.C9H11NO2.C6H14N4O2.C6H14N4O.C6H9N3O2.C6H14N2O2.C6H14N2O.C4H9NO3/c12-9(11(14)15)5-7-6-13-10-4-2-1-3-8(7)10;10-8(9(11)12)6-7-4-2-1-3-5-7;7-4(5(11)12)2-1-3-10-6(8)9;7-5(4-11)2-1-3-10-6(8)9;7-5(6(10)11)1-4-2-8-3-9-4;7-4-2-1-3-5(8)6(9)10;7-4-2-1-3-6(8)5-9;1-2(6)3(5)4(7)8/h1-4,6,9,13H,5,12H2,(H,14,15);1-5,8H,6,10H2,(H,11,12);4H,1-3,7H2,(H,11,12)(H4,8,9,10);4-5H,1-3,7H2,(H4,8,9,10);2-3,5H,1,7H2,(H,8,9)(H,10,11);5H,1-4,7-8H2,(H,9,10);5-6H,1-4,7-8H2;2-3,6H,5H2,1H3,(H,7,8)/t;;;5-;;;6-;/m...0..0./s1/i6D;2D,3D,4D,5D;3D2;4D;3D;4D2;5D;2D/hD2. The van der Waals surface area contributed by atoms with Gasteiger partial charge in [-0.15, -0.1) is 0 Å². The molecule has 0 saturated carbocycles. The molecule has 7 unspecified atom stereocenters. The minimum absolute atomic E-state index is 0.00702. The lowest BCUT2D eigenvalue weighted by molar-refractivity contribution is -0.141. The van der Waals surface area contributed by atoms with Crippen molar-refractivity contribution in [2.75, 3.05) is 26.1 Å². The number of hydrogen-bond acceptors (Lipinski definition) is 22. The molecule has 34 heteroatoms. The van der Waals surface area contributed by atoms with Crippen molar-refractivity contribution < 1.29 is 94.7 Å². The van der Waals surface area contributed by atoms with Crippen molar-refractivity contribution in [2.24, 2.45) is 90.2 Å². The Morgan fingerprint density at radius 1 is 0.659 bits per heavy atom. The number of carbonyl (C=O) groups is 8. The summed E-state index contributed by atoms with van der Waals surface area (Å²) >= 11 is 0. The molecule has 498 valence electrons. The smallest absolute Gasteiger partial charge is 0.323 e. The van der Waals surface area contributed by atoms with Crippen LogP contribution >= 0.6 is 0 Å². The van der Waals surface area contributed by atoms with E-state index in [2.05, 4.69) is 24.9 Å². The molecule has 0 fully saturated rings. The summed E-state index contributed by atoms with van der Waals surface area (Å²) in [5.41, 5.74) is 67.7. The molecule has 4 rings (SSSR count). The lowest BCUT2D eigenvalue weighted by Crippen LogP contribution is -2.39. The zero-order valence-electron chi connectivity index (χ0n) is 63.4. The number of carboxylic acid groups (broad SMARTS) is 6. The van der Waals surface area contributed by atoms with Gasteiger partial charge in [0.2, 0.25) is 0 Å². The number of nitrogens with zero attached hydrogens (tertiary/aromatic N) is 3. The first-order valence-corrected chi connectivity index (χ1v) is 26.0. The Balaban J connectivity index is -0.000000547. The number of carboxylic acids is 6. The summed E-state index contributed by atoms with van der Waals surface area (Å²) in [7, 11) is 0. The Labute approximate surface area is 531 Å². The molecule has 2 aromatic heterocycles. The summed E-state index contributed by atoms with van der Waals surface area (Å²) in [5.74, 6) is -7.34. The topological polar surface area (TPSA) is 712 Å². The number of aliphatic imine (C=N–C) groups is 2. The van der Waals surface area contributed by atoms with Gasteiger partial charge in [0.25, 0.3) is 0 Å². The molecule has 88 heavy (non-hydrogen) atoms. The molecule has 2 aromatic carbocycles. The van der Waals surface area contributed by atoms with Gasteiger partial charge in [-0.1, -0.05) is 61.3 Å². The van der Waals surface area contributed by atoms with Crippen molar-refractivity contribution in [2.45, 2.75) is 145 Å². The van der Waals surface area contributed by atoms with Crippen LogP contribution in [0.1, 0.15) is 106 Å². The van der Waals surface area contributed by atoms with E-state index in [1.54, 1.807) is 0 Å².